The molecule has 0 aromatic rings. The maximum atomic E-state index is 9.41. The van der Waals surface area contributed by atoms with Gasteiger partial charge < -0.3 is 10.2 Å². The van der Waals surface area contributed by atoms with E-state index in [1.54, 1.807) is 0 Å². The normalized spacial score (nSPS) is 48.0. The van der Waals surface area contributed by atoms with E-state index in [-0.39, 0.29) is 23.3 Å². The molecule has 2 aliphatic carbocycles. The van der Waals surface area contributed by atoms with Gasteiger partial charge in [0.05, 0.1) is 10.1 Å². The van der Waals surface area contributed by atoms with Crippen LogP contribution in [0.4, 0.5) is 0 Å². The van der Waals surface area contributed by atoms with Crippen molar-refractivity contribution in [3.05, 3.63) is 10.1 Å². The van der Waals surface area contributed by atoms with E-state index in [1.807, 2.05) is 0 Å². The number of fused-ring (bicyclic) bond motifs is 2. The molecule has 0 aromatic heterocycles. The minimum absolute atomic E-state index is 0.0320. The highest BCUT2D eigenvalue weighted by molar-refractivity contribution is 6.65. The first-order valence-corrected chi connectivity index (χ1v) is 7.01. The second kappa shape index (κ2) is 4.20. The molecule has 2 N–H and O–H groups in total. The monoisotopic (exact) mass is 358 g/mol. The molecule has 0 radical (unpaired) electrons. The van der Waals surface area contributed by atoms with Crippen molar-refractivity contribution < 1.29 is 10.2 Å². The predicted octanol–water partition coefficient (Wildman–Crippen LogP) is 3.05. The van der Waals surface area contributed by atoms with Crippen molar-refractivity contribution in [2.45, 2.75) is 14.1 Å². The summed E-state index contributed by atoms with van der Waals surface area (Å²) in [6, 6.07) is 0. The summed E-state index contributed by atoms with van der Waals surface area (Å²) in [5.74, 6) is -1.34. The van der Waals surface area contributed by atoms with Crippen LogP contribution in [0.15, 0.2) is 10.1 Å². The first kappa shape index (κ1) is 14.8. The van der Waals surface area contributed by atoms with E-state index in [1.165, 1.54) is 0 Å². The number of rotatable bonds is 2. The Morgan fingerprint density at radius 3 is 1.35 bits per heavy atom. The van der Waals surface area contributed by atoms with Gasteiger partial charge >= 0.3 is 0 Å². The highest BCUT2D eigenvalue weighted by Gasteiger charge is 2.81. The molecule has 0 amide bonds. The van der Waals surface area contributed by atoms with E-state index in [9.17, 15) is 10.2 Å². The third-order valence-electron chi connectivity index (χ3n) is 3.65. The Bertz CT molecular complexity index is 363. The maximum absolute atomic E-state index is 9.41. The standard InChI is InChI=1S/C9H8Cl6O2/c10-5-6(11)8(13)4(2-17)3(1-16)7(5,12)9(8,14)15/h3-4,16-17H,1-2H2/t3-,4-,7-,8+/m0/s1. The molecule has 0 saturated heterocycles. The van der Waals surface area contributed by atoms with Crippen LogP contribution in [-0.4, -0.2) is 37.5 Å². The number of alkyl halides is 4. The number of aliphatic hydroxyl groups is 2. The predicted molar refractivity (Wildman–Crippen MR) is 71.5 cm³/mol. The molecular weight excluding hydrogens is 353 g/mol. The largest absolute Gasteiger partial charge is 0.396 e. The molecule has 4 atom stereocenters. The fraction of sp³-hybridized carbons (Fsp3) is 0.778. The van der Waals surface area contributed by atoms with Crippen molar-refractivity contribution in [3.63, 3.8) is 0 Å². The van der Waals surface area contributed by atoms with Crippen LogP contribution in [0.5, 0.6) is 0 Å². The lowest BCUT2D eigenvalue weighted by Crippen LogP contribution is -2.45. The molecule has 2 rings (SSSR count). The van der Waals surface area contributed by atoms with E-state index in [0.717, 1.165) is 0 Å². The minimum atomic E-state index is -1.70. The highest BCUT2D eigenvalue weighted by atomic mass is 35.5. The zero-order valence-electron chi connectivity index (χ0n) is 8.23. The smallest absolute Gasteiger partial charge is 0.167 e. The average molecular weight is 361 g/mol. The number of aliphatic hydroxyl groups excluding tert-OH is 2. The number of halogens is 6. The molecule has 98 valence electrons. The Hall–Kier alpha value is 1.40. The molecule has 0 aliphatic heterocycles. The first-order valence-electron chi connectivity index (χ1n) is 4.74. The van der Waals surface area contributed by atoms with Crippen LogP contribution in [0.3, 0.4) is 0 Å². The molecule has 0 unspecified atom stereocenters. The van der Waals surface area contributed by atoms with Gasteiger partial charge in [-0.2, -0.15) is 0 Å². The van der Waals surface area contributed by atoms with Crippen molar-refractivity contribution in [2.75, 3.05) is 13.2 Å². The van der Waals surface area contributed by atoms with Gasteiger partial charge in [-0.25, -0.2) is 0 Å². The Morgan fingerprint density at radius 1 is 0.824 bits per heavy atom. The fourth-order valence-electron chi connectivity index (χ4n) is 2.71. The van der Waals surface area contributed by atoms with Crippen LogP contribution < -0.4 is 0 Å². The van der Waals surface area contributed by atoms with Crippen LogP contribution >= 0.6 is 69.6 Å². The summed E-state index contributed by atoms with van der Waals surface area (Å²) in [6.07, 6.45) is 0. The summed E-state index contributed by atoms with van der Waals surface area (Å²) in [6.45, 7) is -0.713. The van der Waals surface area contributed by atoms with Crippen LogP contribution in [0.2, 0.25) is 0 Å². The summed E-state index contributed by atoms with van der Waals surface area (Å²) in [5, 5.41) is 18.9. The van der Waals surface area contributed by atoms with Gasteiger partial charge in [0.15, 0.2) is 4.33 Å². The quantitative estimate of drug-likeness (QED) is 0.743. The van der Waals surface area contributed by atoms with Crippen LogP contribution in [-0.2, 0) is 0 Å². The molecule has 0 heterocycles. The number of hydrogen-bond acceptors (Lipinski definition) is 2. The van der Waals surface area contributed by atoms with E-state index < -0.39 is 25.9 Å². The van der Waals surface area contributed by atoms with Gasteiger partial charge in [-0.3, -0.25) is 0 Å². The molecule has 1 saturated carbocycles. The fourth-order valence-corrected chi connectivity index (χ4v) is 5.78. The highest BCUT2D eigenvalue weighted by Crippen LogP contribution is 2.75. The third-order valence-corrected chi connectivity index (χ3v) is 8.00. The van der Waals surface area contributed by atoms with Crippen LogP contribution in [0.1, 0.15) is 0 Å². The van der Waals surface area contributed by atoms with E-state index >= 15 is 0 Å². The molecule has 2 aliphatic rings. The summed E-state index contributed by atoms with van der Waals surface area (Å²) in [5.41, 5.74) is 0. The Balaban J connectivity index is 2.72. The van der Waals surface area contributed by atoms with Gasteiger partial charge in [-0.15, -0.1) is 23.2 Å². The lowest BCUT2D eigenvalue weighted by atomic mass is 9.83. The third kappa shape index (κ3) is 1.34. The van der Waals surface area contributed by atoms with Crippen molar-refractivity contribution in [3.8, 4) is 0 Å². The van der Waals surface area contributed by atoms with E-state index in [4.69, 9.17) is 69.6 Å². The maximum Gasteiger partial charge on any atom is 0.167 e. The molecule has 0 spiro atoms. The summed E-state index contributed by atoms with van der Waals surface area (Å²) >= 11 is 37.3. The van der Waals surface area contributed by atoms with E-state index in [2.05, 4.69) is 0 Å². The zero-order chi connectivity index (χ0) is 13.2. The van der Waals surface area contributed by atoms with Gasteiger partial charge in [0, 0.05) is 25.0 Å². The Labute approximate surface area is 128 Å². The Morgan fingerprint density at radius 2 is 1.12 bits per heavy atom. The lowest BCUT2D eigenvalue weighted by Gasteiger charge is -2.34. The summed E-state index contributed by atoms with van der Waals surface area (Å²) in [7, 11) is 0. The molecule has 2 bridgehead atoms. The Kier molecular flexibility index (Phi) is 3.65. The van der Waals surface area contributed by atoms with Crippen molar-refractivity contribution in [2.24, 2.45) is 11.8 Å². The van der Waals surface area contributed by atoms with Gasteiger partial charge in [-0.05, 0) is 0 Å². The van der Waals surface area contributed by atoms with Crippen LogP contribution in [0.25, 0.3) is 0 Å². The second-order valence-corrected chi connectivity index (χ2v) is 7.48. The SMILES string of the molecule is OC[C@H]1[C@H](CO)[C@@]2(Cl)C(Cl)=C(Cl)[C@]1(Cl)C2(Cl)Cl. The van der Waals surface area contributed by atoms with Gasteiger partial charge in [-0.1, -0.05) is 46.4 Å². The van der Waals surface area contributed by atoms with Gasteiger partial charge in [0.2, 0.25) is 0 Å². The molecule has 8 heteroatoms. The summed E-state index contributed by atoms with van der Waals surface area (Å²) < 4.78 is -1.70. The van der Waals surface area contributed by atoms with Crippen molar-refractivity contribution in [1.82, 2.24) is 0 Å². The topological polar surface area (TPSA) is 40.5 Å². The molecule has 1 fully saturated rings. The number of allylic oxidation sites excluding steroid dienone is 2. The molecule has 17 heavy (non-hydrogen) atoms. The van der Waals surface area contributed by atoms with Crippen LogP contribution in [0, 0.1) is 11.8 Å². The van der Waals surface area contributed by atoms with Gasteiger partial charge in [0.1, 0.15) is 9.75 Å². The molecule has 2 nitrogen and oxygen atoms in total. The average Bonchev–Trinajstić information content (AvgIpc) is 2.48. The van der Waals surface area contributed by atoms with Gasteiger partial charge in [0.25, 0.3) is 0 Å². The summed E-state index contributed by atoms with van der Waals surface area (Å²) in [4.78, 5) is -2.97. The van der Waals surface area contributed by atoms with E-state index in [0.29, 0.717) is 0 Å². The zero-order valence-corrected chi connectivity index (χ0v) is 12.8. The second-order valence-electron chi connectivity index (χ2n) is 4.20. The van der Waals surface area contributed by atoms with Crippen molar-refractivity contribution >= 4 is 69.6 Å². The lowest BCUT2D eigenvalue weighted by molar-refractivity contribution is 0.120. The molecular formula is C9H8Cl6O2. The minimum Gasteiger partial charge on any atom is -0.396 e. The number of hydrogen-bond donors (Lipinski definition) is 2. The van der Waals surface area contributed by atoms with Crippen molar-refractivity contribution in [1.29, 1.82) is 0 Å². The molecule has 0 aromatic carbocycles. The first-order chi connectivity index (χ1) is 7.71.